The van der Waals surface area contributed by atoms with E-state index in [1.165, 1.54) is 24.8 Å². The van der Waals surface area contributed by atoms with Gasteiger partial charge in [0.15, 0.2) is 0 Å². The van der Waals surface area contributed by atoms with Crippen molar-refractivity contribution in [2.75, 3.05) is 51.3 Å². The average molecular weight is 524 g/mol. The van der Waals surface area contributed by atoms with Crippen LogP contribution in [0.2, 0.25) is 0 Å². The maximum atomic E-state index is 13.4. The Labute approximate surface area is 196 Å². The van der Waals surface area contributed by atoms with Gasteiger partial charge in [-0.15, -0.1) is 6.54 Å². The topological polar surface area (TPSA) is 37.7 Å². The van der Waals surface area contributed by atoms with Crippen molar-refractivity contribution < 1.29 is 26.7 Å². The van der Waals surface area contributed by atoms with Crippen LogP contribution >= 0.6 is 0 Å². The van der Waals surface area contributed by atoms with Gasteiger partial charge in [0.1, 0.15) is 5.82 Å². The molecule has 2 saturated heterocycles. The number of hydrogen-bond donors (Lipinski definition) is 0. The van der Waals surface area contributed by atoms with Crippen molar-refractivity contribution in [3.8, 4) is 0 Å². The van der Waals surface area contributed by atoms with Gasteiger partial charge in [-0.05, 0) is 68.9 Å². The zero-order chi connectivity index (χ0) is 21.2. The first-order valence-electron chi connectivity index (χ1n) is 10.3. The molecule has 0 N–H and O–H groups in total. The van der Waals surface area contributed by atoms with Crippen LogP contribution in [0.5, 0.6) is 0 Å². The minimum absolute atomic E-state index is 0.151. The zero-order valence-corrected chi connectivity index (χ0v) is 20.5. The van der Waals surface area contributed by atoms with Crippen LogP contribution in [0.1, 0.15) is 30.7 Å². The molecule has 0 unspecified atom stereocenters. The Morgan fingerprint density at radius 3 is 2.52 bits per heavy atom. The number of benzene rings is 1. The van der Waals surface area contributed by atoms with Crippen LogP contribution in [0.4, 0.5) is 4.39 Å². The summed E-state index contributed by atoms with van der Waals surface area (Å²) in [5, 5.41) is 4.52. The summed E-state index contributed by atoms with van der Waals surface area (Å²) in [4.78, 5) is 5.09. The number of halogens is 1. The second-order valence-corrected chi connectivity index (χ2v) is 8.72. The van der Waals surface area contributed by atoms with Crippen LogP contribution in [-0.2, 0) is 47.6 Å². The molecule has 2 bridgehead atoms. The summed E-state index contributed by atoms with van der Waals surface area (Å²) in [6, 6.07) is 8.48. The maximum absolute atomic E-state index is 13.4. The zero-order valence-electron chi connectivity index (χ0n) is 17.0. The van der Waals surface area contributed by atoms with Crippen molar-refractivity contribution in [1.29, 1.82) is 0 Å². The third-order valence-electron chi connectivity index (χ3n) is 6.43. The number of piperidine rings is 1. The van der Waals surface area contributed by atoms with Crippen molar-refractivity contribution in [3.05, 3.63) is 41.0 Å². The van der Waals surface area contributed by atoms with Crippen molar-refractivity contribution in [2.24, 2.45) is 5.92 Å². The fourth-order valence-corrected chi connectivity index (χ4v) is 5.42. The van der Waals surface area contributed by atoms with E-state index in [9.17, 15) is 4.39 Å². The normalized spacial score (nSPS) is 26.3. The van der Waals surface area contributed by atoms with E-state index in [1.54, 1.807) is 12.1 Å². The number of nitrogens with zero attached hydrogens (tertiary/aromatic N) is 3. The molecule has 0 radical (unpaired) electrons. The molecule has 3 rings (SSSR count). The molecular formula is C21H31FN3OS2Tc. The molecule has 2 aliphatic heterocycles. The fourth-order valence-electron chi connectivity index (χ4n) is 5.03. The molecule has 0 aliphatic carbocycles. The van der Waals surface area contributed by atoms with Crippen LogP contribution in [0, 0.1) is 11.7 Å². The molecule has 2 aliphatic rings. The summed E-state index contributed by atoms with van der Waals surface area (Å²) < 4.78 is 21.7. The van der Waals surface area contributed by atoms with Gasteiger partial charge in [-0.2, -0.15) is 18.1 Å². The number of hydrogen-bond acceptors (Lipinski definition) is 5. The minimum atomic E-state index is -0.151. The van der Waals surface area contributed by atoms with E-state index in [1.807, 2.05) is 12.1 Å². The van der Waals surface area contributed by atoms with Gasteiger partial charge in [0, 0.05) is 18.6 Å². The summed E-state index contributed by atoms with van der Waals surface area (Å²) in [6.07, 6.45) is 3.72. The Morgan fingerprint density at radius 1 is 1.14 bits per heavy atom. The van der Waals surface area contributed by atoms with Crippen LogP contribution in [0.15, 0.2) is 24.3 Å². The van der Waals surface area contributed by atoms with E-state index in [-0.39, 0.29) is 5.82 Å². The average Bonchev–Trinajstić information content (AvgIpc) is 2.98. The van der Waals surface area contributed by atoms with Crippen LogP contribution < -0.4 is 0 Å². The first kappa shape index (κ1) is 25.4. The second kappa shape index (κ2) is 13.6. The SMILES string of the molecule is CN1[C@H]2CC[C@@H]1[C@@H](CN(CC[S-])CC[N-]CC[S-])[C@@H](c1ccc(F)cc1)C2.[O]=[99Tc+3]. The van der Waals surface area contributed by atoms with Gasteiger partial charge in [0.25, 0.3) is 0 Å². The predicted octanol–water partition coefficient (Wildman–Crippen LogP) is 3.04. The third-order valence-corrected chi connectivity index (χ3v) is 6.80. The molecular weight excluding hydrogens is 492 g/mol. The van der Waals surface area contributed by atoms with E-state index < -0.39 is 0 Å². The Bertz CT molecular complexity index is 598. The number of fused-ring (bicyclic) bond motifs is 2. The molecule has 0 saturated carbocycles. The van der Waals surface area contributed by atoms with Crippen LogP contribution in [0.25, 0.3) is 5.32 Å². The fraction of sp³-hybridized carbons (Fsp3) is 0.714. The first-order valence-corrected chi connectivity index (χ1v) is 12.2. The molecule has 1 aromatic rings. The summed E-state index contributed by atoms with van der Waals surface area (Å²) in [7, 11) is 2.28. The van der Waals surface area contributed by atoms with Gasteiger partial charge in [-0.3, -0.25) is 0 Å². The molecule has 162 valence electrons. The molecule has 0 spiro atoms. The Hall–Kier alpha value is 0.179. The molecule has 1 aromatic carbocycles. The van der Waals surface area contributed by atoms with Crippen molar-refractivity contribution in [2.45, 2.75) is 37.3 Å². The van der Waals surface area contributed by atoms with E-state index >= 15 is 0 Å². The summed E-state index contributed by atoms with van der Waals surface area (Å²) in [6.45, 7) is 4.54. The molecule has 0 aromatic heterocycles. The molecule has 2 heterocycles. The van der Waals surface area contributed by atoms with Crippen molar-refractivity contribution in [3.63, 3.8) is 0 Å². The predicted molar refractivity (Wildman–Crippen MR) is 117 cm³/mol. The molecule has 4 atom stereocenters. The second-order valence-electron chi connectivity index (χ2n) is 7.90. The Kier molecular flexibility index (Phi) is 11.9. The molecule has 0 amide bonds. The summed E-state index contributed by atoms with van der Waals surface area (Å²) in [5.41, 5.74) is 1.29. The van der Waals surface area contributed by atoms with Gasteiger partial charge in [0.05, 0.1) is 0 Å². The summed E-state index contributed by atoms with van der Waals surface area (Å²) >= 11 is 11.2. The van der Waals surface area contributed by atoms with Gasteiger partial charge < -0.3 is 40.4 Å². The van der Waals surface area contributed by atoms with Gasteiger partial charge >= 0.3 is 22.4 Å². The standard InChI is InChI=1S/C21H33FN3S2.O.Tc/c1-24-18-6-7-21(24)20(15-25(11-13-27)10-8-23-9-12-26)19(14-18)16-2-4-17(22)5-3-16;;/h2-5,18-21,26-27H,6-15H2,1H3;;/q-1;;+3/p-2/t18-,19+,20-,21+;;/m0../s1/i;;1+1. The van der Waals surface area contributed by atoms with Crippen molar-refractivity contribution in [1.82, 2.24) is 9.80 Å². The number of rotatable bonds is 10. The molecule has 2 fully saturated rings. The van der Waals surface area contributed by atoms with Gasteiger partial charge in [0.2, 0.25) is 0 Å². The van der Waals surface area contributed by atoms with E-state index in [2.05, 4.69) is 22.2 Å². The van der Waals surface area contributed by atoms with Crippen LogP contribution in [0.3, 0.4) is 0 Å². The molecule has 8 heteroatoms. The first-order chi connectivity index (χ1) is 14.1. The van der Waals surface area contributed by atoms with Crippen LogP contribution in [-0.4, -0.2) is 73.2 Å². The third kappa shape index (κ3) is 7.09. The Morgan fingerprint density at radius 2 is 1.86 bits per heavy atom. The quantitative estimate of drug-likeness (QED) is 0.348. The van der Waals surface area contributed by atoms with E-state index in [4.69, 9.17) is 28.8 Å². The molecule has 4 nitrogen and oxygen atoms in total. The monoisotopic (exact) mass is 523 g/mol. The van der Waals surface area contributed by atoms with Gasteiger partial charge in [-0.25, -0.2) is 4.39 Å². The Balaban J connectivity index is 0.00000145. The van der Waals surface area contributed by atoms with Crippen molar-refractivity contribution >= 4 is 25.3 Å². The van der Waals surface area contributed by atoms with E-state index in [0.717, 1.165) is 57.3 Å². The van der Waals surface area contributed by atoms with Gasteiger partial charge in [-0.1, -0.05) is 12.1 Å². The molecule has 29 heavy (non-hydrogen) atoms. The summed E-state index contributed by atoms with van der Waals surface area (Å²) in [5.74, 6) is 2.35. The van der Waals surface area contributed by atoms with E-state index in [0.29, 0.717) is 29.7 Å².